The fraction of sp³-hybridized carbons (Fsp3) is 0.182. The maximum Gasteiger partial charge on any atom is 0.142 e. The van der Waals surface area contributed by atoms with Gasteiger partial charge in [-0.1, -0.05) is 11.6 Å². The minimum Gasteiger partial charge on any atom is -0.487 e. The fourth-order valence-electron chi connectivity index (χ4n) is 1.36. The van der Waals surface area contributed by atoms with Gasteiger partial charge < -0.3 is 10.5 Å². The topological polar surface area (TPSA) is 53.1 Å². The van der Waals surface area contributed by atoms with Gasteiger partial charge in [0.05, 0.1) is 11.9 Å². The van der Waals surface area contributed by atoms with Crippen molar-refractivity contribution in [3.05, 3.63) is 41.2 Å². The summed E-state index contributed by atoms with van der Waals surface area (Å²) in [4.78, 5) is 0. The van der Waals surface area contributed by atoms with Crippen LogP contribution in [0.4, 0.5) is 5.69 Å². The van der Waals surface area contributed by atoms with E-state index in [0.717, 1.165) is 5.56 Å². The molecular weight excluding hydrogens is 226 g/mol. The second kappa shape index (κ2) is 4.45. The van der Waals surface area contributed by atoms with Crippen LogP contribution in [-0.4, -0.2) is 9.78 Å². The summed E-state index contributed by atoms with van der Waals surface area (Å²) >= 11 is 5.79. The van der Waals surface area contributed by atoms with Gasteiger partial charge in [0, 0.05) is 23.8 Å². The second-order valence-electron chi connectivity index (χ2n) is 3.49. The lowest BCUT2D eigenvalue weighted by Gasteiger charge is -2.07. The quantitative estimate of drug-likeness (QED) is 0.833. The standard InChI is InChI=1S/C11H12ClN3O/c1-15-6-8(5-14-15)7-16-11-3-2-9(12)4-10(11)13/h2-6H,7,13H2,1H3. The smallest absolute Gasteiger partial charge is 0.142 e. The largest absolute Gasteiger partial charge is 0.487 e. The van der Waals surface area contributed by atoms with Crippen LogP contribution in [0, 0.1) is 0 Å². The Hall–Kier alpha value is -1.68. The normalized spacial score (nSPS) is 10.4. The first-order chi connectivity index (χ1) is 7.65. The van der Waals surface area contributed by atoms with Crippen molar-refractivity contribution < 1.29 is 4.74 Å². The summed E-state index contributed by atoms with van der Waals surface area (Å²) in [5.41, 5.74) is 7.30. The summed E-state index contributed by atoms with van der Waals surface area (Å²) in [6.45, 7) is 0.444. The monoisotopic (exact) mass is 237 g/mol. The van der Waals surface area contributed by atoms with Gasteiger partial charge >= 0.3 is 0 Å². The minimum atomic E-state index is 0.444. The zero-order chi connectivity index (χ0) is 11.5. The molecular formula is C11H12ClN3O. The number of anilines is 1. The van der Waals surface area contributed by atoms with Crippen LogP contribution in [0.25, 0.3) is 0 Å². The number of hydrogen-bond donors (Lipinski definition) is 1. The third-order valence-corrected chi connectivity index (χ3v) is 2.36. The first kappa shape index (κ1) is 10.8. The summed E-state index contributed by atoms with van der Waals surface area (Å²) in [6, 6.07) is 5.17. The van der Waals surface area contributed by atoms with Crippen molar-refractivity contribution in [2.45, 2.75) is 6.61 Å². The number of halogens is 1. The maximum absolute atomic E-state index is 5.79. The SMILES string of the molecule is Cn1cc(COc2ccc(Cl)cc2N)cn1. The molecule has 0 aliphatic rings. The third kappa shape index (κ3) is 2.46. The molecule has 0 unspecified atom stereocenters. The molecule has 0 aliphatic heterocycles. The van der Waals surface area contributed by atoms with E-state index in [2.05, 4.69) is 5.10 Å². The van der Waals surface area contributed by atoms with Gasteiger partial charge in [-0.25, -0.2) is 0 Å². The summed E-state index contributed by atoms with van der Waals surface area (Å²) in [7, 11) is 1.86. The van der Waals surface area contributed by atoms with E-state index >= 15 is 0 Å². The van der Waals surface area contributed by atoms with Crippen molar-refractivity contribution in [3.8, 4) is 5.75 Å². The lowest BCUT2D eigenvalue weighted by Crippen LogP contribution is -1.97. The molecule has 2 N–H and O–H groups in total. The van der Waals surface area contributed by atoms with Crippen molar-refractivity contribution in [2.24, 2.45) is 7.05 Å². The van der Waals surface area contributed by atoms with Gasteiger partial charge in [-0.05, 0) is 18.2 Å². The Morgan fingerprint density at radius 2 is 2.31 bits per heavy atom. The van der Waals surface area contributed by atoms with Gasteiger partial charge in [-0.2, -0.15) is 5.10 Å². The molecule has 84 valence electrons. The number of benzene rings is 1. The lowest BCUT2D eigenvalue weighted by atomic mass is 10.3. The Labute approximate surface area is 98.6 Å². The van der Waals surface area contributed by atoms with Crippen LogP contribution in [0.2, 0.25) is 5.02 Å². The molecule has 0 radical (unpaired) electrons. The molecule has 1 aromatic carbocycles. The molecule has 1 heterocycles. The van der Waals surface area contributed by atoms with Crippen LogP contribution in [0.5, 0.6) is 5.75 Å². The zero-order valence-corrected chi connectivity index (χ0v) is 9.61. The third-order valence-electron chi connectivity index (χ3n) is 2.12. The number of aromatic nitrogens is 2. The molecule has 2 aromatic rings. The highest BCUT2D eigenvalue weighted by Gasteiger charge is 2.02. The van der Waals surface area contributed by atoms with Gasteiger partial charge in [0.15, 0.2) is 0 Å². The predicted octanol–water partition coefficient (Wildman–Crippen LogP) is 2.23. The predicted molar refractivity (Wildman–Crippen MR) is 63.4 cm³/mol. The second-order valence-corrected chi connectivity index (χ2v) is 3.93. The first-order valence-corrected chi connectivity index (χ1v) is 5.18. The minimum absolute atomic E-state index is 0.444. The van der Waals surface area contributed by atoms with Crippen LogP contribution in [0.15, 0.2) is 30.6 Å². The van der Waals surface area contributed by atoms with E-state index in [4.69, 9.17) is 22.1 Å². The number of rotatable bonds is 3. The van der Waals surface area contributed by atoms with E-state index in [0.29, 0.717) is 23.1 Å². The van der Waals surface area contributed by atoms with E-state index < -0.39 is 0 Å². The van der Waals surface area contributed by atoms with Gasteiger partial charge in [0.1, 0.15) is 12.4 Å². The van der Waals surface area contributed by atoms with E-state index in [1.807, 2.05) is 13.2 Å². The Morgan fingerprint density at radius 3 is 2.94 bits per heavy atom. The lowest BCUT2D eigenvalue weighted by molar-refractivity contribution is 0.308. The fourth-order valence-corrected chi connectivity index (χ4v) is 1.54. The highest BCUT2D eigenvalue weighted by molar-refractivity contribution is 6.30. The number of nitrogens with zero attached hydrogens (tertiary/aromatic N) is 2. The number of aryl methyl sites for hydroxylation is 1. The molecule has 0 fully saturated rings. The average molecular weight is 238 g/mol. The van der Waals surface area contributed by atoms with Gasteiger partial charge in [0.25, 0.3) is 0 Å². The van der Waals surface area contributed by atoms with Crippen LogP contribution in [-0.2, 0) is 13.7 Å². The highest BCUT2D eigenvalue weighted by atomic mass is 35.5. The van der Waals surface area contributed by atoms with Gasteiger partial charge in [0.2, 0.25) is 0 Å². The Balaban J connectivity index is 2.04. The van der Waals surface area contributed by atoms with Gasteiger partial charge in [-0.15, -0.1) is 0 Å². The van der Waals surface area contributed by atoms with Gasteiger partial charge in [-0.3, -0.25) is 4.68 Å². The Kier molecular flexibility index (Phi) is 3.01. The van der Waals surface area contributed by atoms with Crippen LogP contribution >= 0.6 is 11.6 Å². The Bertz CT molecular complexity index is 496. The van der Waals surface area contributed by atoms with Crippen LogP contribution in [0.1, 0.15) is 5.56 Å². The van der Waals surface area contributed by atoms with Crippen molar-refractivity contribution in [1.29, 1.82) is 0 Å². The molecule has 5 heteroatoms. The van der Waals surface area contributed by atoms with E-state index in [1.165, 1.54) is 0 Å². The highest BCUT2D eigenvalue weighted by Crippen LogP contribution is 2.25. The molecule has 0 saturated heterocycles. The molecule has 0 atom stereocenters. The summed E-state index contributed by atoms with van der Waals surface area (Å²) < 4.78 is 7.28. The summed E-state index contributed by atoms with van der Waals surface area (Å²) in [5.74, 6) is 0.633. The summed E-state index contributed by atoms with van der Waals surface area (Å²) in [6.07, 6.45) is 3.65. The van der Waals surface area contributed by atoms with Crippen LogP contribution in [0.3, 0.4) is 0 Å². The number of ether oxygens (including phenoxy) is 1. The molecule has 16 heavy (non-hydrogen) atoms. The van der Waals surface area contributed by atoms with Crippen molar-refractivity contribution in [3.63, 3.8) is 0 Å². The Morgan fingerprint density at radius 1 is 1.50 bits per heavy atom. The number of nitrogens with two attached hydrogens (primary N) is 1. The van der Waals surface area contributed by atoms with E-state index in [9.17, 15) is 0 Å². The molecule has 2 rings (SSSR count). The zero-order valence-electron chi connectivity index (χ0n) is 8.85. The molecule has 0 spiro atoms. The molecule has 0 saturated carbocycles. The molecule has 4 nitrogen and oxygen atoms in total. The van der Waals surface area contributed by atoms with Crippen LogP contribution < -0.4 is 10.5 Å². The van der Waals surface area contributed by atoms with Crippen molar-refractivity contribution in [2.75, 3.05) is 5.73 Å². The molecule has 0 amide bonds. The van der Waals surface area contributed by atoms with E-state index in [1.54, 1.807) is 29.1 Å². The van der Waals surface area contributed by atoms with E-state index in [-0.39, 0.29) is 0 Å². The maximum atomic E-state index is 5.79. The number of nitrogen functional groups attached to an aromatic ring is 1. The molecule has 1 aromatic heterocycles. The first-order valence-electron chi connectivity index (χ1n) is 4.80. The number of hydrogen-bond acceptors (Lipinski definition) is 3. The molecule has 0 aliphatic carbocycles. The van der Waals surface area contributed by atoms with Crippen molar-refractivity contribution in [1.82, 2.24) is 9.78 Å². The van der Waals surface area contributed by atoms with Crippen molar-refractivity contribution >= 4 is 17.3 Å². The average Bonchev–Trinajstić information content (AvgIpc) is 2.63. The summed E-state index contributed by atoms with van der Waals surface area (Å²) in [5, 5.41) is 4.65. The molecule has 0 bridgehead atoms.